The summed E-state index contributed by atoms with van der Waals surface area (Å²) in [6.45, 7) is 3.71. The Morgan fingerprint density at radius 3 is 2.72 bits per heavy atom. The Kier molecular flexibility index (Phi) is 5.28. The molecule has 5 heteroatoms. The minimum atomic E-state index is -0.565. The van der Waals surface area contributed by atoms with E-state index >= 15 is 0 Å². The van der Waals surface area contributed by atoms with Gasteiger partial charge in [-0.2, -0.15) is 0 Å². The maximum absolute atomic E-state index is 13.6. The fourth-order valence-electron chi connectivity index (χ4n) is 1.63. The number of halogens is 2. The van der Waals surface area contributed by atoms with E-state index in [4.69, 9.17) is 5.11 Å². The van der Waals surface area contributed by atoms with Crippen molar-refractivity contribution in [1.82, 2.24) is 5.32 Å². The third-order valence-corrected chi connectivity index (χ3v) is 3.71. The number of amides is 1. The number of aliphatic hydroxyl groups excluding tert-OH is 1. The standard InChI is InChI=1S/C13H17BrFNO2/c1-3-13(2,7-8-17)16-12(18)11-9(14)5-4-6-10(11)15/h4-6,17H,3,7-8H2,1-2H3,(H,16,18). The van der Waals surface area contributed by atoms with Gasteiger partial charge in [0.15, 0.2) is 0 Å². The second kappa shape index (κ2) is 6.29. The summed E-state index contributed by atoms with van der Waals surface area (Å²) in [6, 6.07) is 4.39. The summed E-state index contributed by atoms with van der Waals surface area (Å²) in [5.74, 6) is -1.04. The molecule has 0 heterocycles. The minimum Gasteiger partial charge on any atom is -0.396 e. The van der Waals surface area contributed by atoms with Crippen molar-refractivity contribution in [3.8, 4) is 0 Å². The summed E-state index contributed by atoms with van der Waals surface area (Å²) < 4.78 is 14.0. The van der Waals surface area contributed by atoms with Gasteiger partial charge in [-0.3, -0.25) is 4.79 Å². The van der Waals surface area contributed by atoms with Crippen molar-refractivity contribution in [1.29, 1.82) is 0 Å². The van der Waals surface area contributed by atoms with Gasteiger partial charge >= 0.3 is 0 Å². The first-order chi connectivity index (χ1) is 8.43. The molecular formula is C13H17BrFNO2. The minimum absolute atomic E-state index is 0.00452. The van der Waals surface area contributed by atoms with E-state index in [2.05, 4.69) is 21.2 Å². The number of hydrogen-bond acceptors (Lipinski definition) is 2. The molecule has 0 fully saturated rings. The van der Waals surface area contributed by atoms with Crippen molar-refractivity contribution >= 4 is 21.8 Å². The maximum atomic E-state index is 13.6. The lowest BCUT2D eigenvalue weighted by Gasteiger charge is -2.29. The number of carbonyl (C=O) groups is 1. The topological polar surface area (TPSA) is 49.3 Å². The van der Waals surface area contributed by atoms with Crippen molar-refractivity contribution in [2.75, 3.05) is 6.61 Å². The van der Waals surface area contributed by atoms with Crippen LogP contribution in [0.25, 0.3) is 0 Å². The maximum Gasteiger partial charge on any atom is 0.255 e. The molecule has 0 saturated carbocycles. The van der Waals surface area contributed by atoms with Crippen LogP contribution in [0.1, 0.15) is 37.0 Å². The molecule has 18 heavy (non-hydrogen) atoms. The van der Waals surface area contributed by atoms with Crippen LogP contribution in [0.2, 0.25) is 0 Å². The van der Waals surface area contributed by atoms with Crippen LogP contribution in [0.3, 0.4) is 0 Å². The van der Waals surface area contributed by atoms with Crippen molar-refractivity contribution in [2.45, 2.75) is 32.2 Å². The van der Waals surface area contributed by atoms with Crippen LogP contribution in [0, 0.1) is 5.82 Å². The molecular weight excluding hydrogens is 301 g/mol. The highest BCUT2D eigenvalue weighted by molar-refractivity contribution is 9.10. The SMILES string of the molecule is CCC(C)(CCO)NC(=O)c1c(F)cccc1Br. The molecule has 100 valence electrons. The van der Waals surface area contributed by atoms with E-state index in [9.17, 15) is 9.18 Å². The first-order valence-corrected chi connectivity index (χ1v) is 6.60. The summed E-state index contributed by atoms with van der Waals surface area (Å²) in [7, 11) is 0. The van der Waals surface area contributed by atoms with Crippen LogP contribution < -0.4 is 5.32 Å². The van der Waals surface area contributed by atoms with E-state index in [1.54, 1.807) is 6.07 Å². The predicted octanol–water partition coefficient (Wildman–Crippen LogP) is 2.87. The van der Waals surface area contributed by atoms with Crippen molar-refractivity contribution in [2.24, 2.45) is 0 Å². The Hall–Kier alpha value is -0.940. The Labute approximate surface area is 115 Å². The summed E-state index contributed by atoms with van der Waals surface area (Å²) in [4.78, 5) is 12.1. The van der Waals surface area contributed by atoms with Crippen LogP contribution >= 0.6 is 15.9 Å². The lowest BCUT2D eigenvalue weighted by Crippen LogP contribution is -2.46. The first-order valence-electron chi connectivity index (χ1n) is 5.81. The van der Waals surface area contributed by atoms with Crippen LogP contribution in [-0.4, -0.2) is 23.2 Å². The molecule has 1 amide bonds. The average Bonchev–Trinajstić information content (AvgIpc) is 2.29. The number of aliphatic hydroxyl groups is 1. The quantitative estimate of drug-likeness (QED) is 0.877. The van der Waals surface area contributed by atoms with Gasteiger partial charge in [0.2, 0.25) is 0 Å². The van der Waals surface area contributed by atoms with Gasteiger partial charge in [0.25, 0.3) is 5.91 Å². The molecule has 1 unspecified atom stereocenters. The largest absolute Gasteiger partial charge is 0.396 e. The Morgan fingerprint density at radius 1 is 1.56 bits per heavy atom. The van der Waals surface area contributed by atoms with Gasteiger partial charge in [-0.25, -0.2) is 4.39 Å². The summed E-state index contributed by atoms with van der Waals surface area (Å²) >= 11 is 3.17. The van der Waals surface area contributed by atoms with Gasteiger partial charge in [-0.15, -0.1) is 0 Å². The number of benzene rings is 1. The third-order valence-electron chi connectivity index (χ3n) is 3.05. The van der Waals surface area contributed by atoms with E-state index in [1.165, 1.54) is 12.1 Å². The monoisotopic (exact) mass is 317 g/mol. The third kappa shape index (κ3) is 3.53. The van der Waals surface area contributed by atoms with Crippen LogP contribution in [-0.2, 0) is 0 Å². The molecule has 0 spiro atoms. The van der Waals surface area contributed by atoms with Crippen molar-refractivity contribution in [3.05, 3.63) is 34.1 Å². The Bertz CT molecular complexity index is 419. The van der Waals surface area contributed by atoms with Gasteiger partial charge in [0.1, 0.15) is 5.82 Å². The van der Waals surface area contributed by atoms with E-state index in [0.717, 1.165) is 0 Å². The smallest absolute Gasteiger partial charge is 0.255 e. The van der Waals surface area contributed by atoms with Gasteiger partial charge in [0, 0.05) is 16.6 Å². The molecule has 0 aromatic heterocycles. The average molecular weight is 318 g/mol. The molecule has 0 aliphatic carbocycles. The zero-order valence-corrected chi connectivity index (χ0v) is 12.1. The lowest BCUT2D eigenvalue weighted by atomic mass is 9.94. The zero-order chi connectivity index (χ0) is 13.8. The normalized spacial score (nSPS) is 14.1. The molecule has 0 saturated heterocycles. The second-order valence-electron chi connectivity index (χ2n) is 4.44. The Balaban J connectivity index is 2.95. The summed E-state index contributed by atoms with van der Waals surface area (Å²) in [5, 5.41) is 11.8. The molecule has 0 aliphatic rings. The number of rotatable bonds is 5. The summed E-state index contributed by atoms with van der Waals surface area (Å²) in [5.41, 5.74) is -0.539. The molecule has 2 N–H and O–H groups in total. The van der Waals surface area contributed by atoms with Gasteiger partial charge in [-0.1, -0.05) is 13.0 Å². The zero-order valence-electron chi connectivity index (χ0n) is 10.5. The molecule has 0 bridgehead atoms. The Morgan fingerprint density at radius 2 is 2.22 bits per heavy atom. The second-order valence-corrected chi connectivity index (χ2v) is 5.29. The molecule has 1 rings (SSSR count). The first kappa shape index (κ1) is 15.1. The highest BCUT2D eigenvalue weighted by Gasteiger charge is 2.26. The van der Waals surface area contributed by atoms with Crippen LogP contribution in [0.4, 0.5) is 4.39 Å². The molecule has 1 aromatic rings. The molecule has 0 aliphatic heterocycles. The number of nitrogens with one attached hydrogen (secondary N) is 1. The fraction of sp³-hybridized carbons (Fsp3) is 0.462. The number of hydrogen-bond donors (Lipinski definition) is 2. The highest BCUT2D eigenvalue weighted by Crippen LogP contribution is 2.22. The van der Waals surface area contributed by atoms with Gasteiger partial charge < -0.3 is 10.4 Å². The lowest BCUT2D eigenvalue weighted by molar-refractivity contribution is 0.0881. The molecule has 1 aromatic carbocycles. The van der Waals surface area contributed by atoms with Crippen LogP contribution in [0.15, 0.2) is 22.7 Å². The van der Waals surface area contributed by atoms with E-state index in [-0.39, 0.29) is 12.2 Å². The highest BCUT2D eigenvalue weighted by atomic mass is 79.9. The van der Waals surface area contributed by atoms with E-state index in [1.807, 2.05) is 13.8 Å². The van der Waals surface area contributed by atoms with Crippen molar-refractivity contribution < 1.29 is 14.3 Å². The molecule has 3 nitrogen and oxygen atoms in total. The van der Waals surface area contributed by atoms with E-state index < -0.39 is 17.3 Å². The van der Waals surface area contributed by atoms with Gasteiger partial charge in [0.05, 0.1) is 5.56 Å². The number of carbonyl (C=O) groups excluding carboxylic acids is 1. The fourth-order valence-corrected chi connectivity index (χ4v) is 2.15. The van der Waals surface area contributed by atoms with E-state index in [0.29, 0.717) is 17.3 Å². The molecule has 1 atom stereocenters. The van der Waals surface area contributed by atoms with Gasteiger partial charge in [-0.05, 0) is 47.8 Å². The van der Waals surface area contributed by atoms with Crippen LogP contribution in [0.5, 0.6) is 0 Å². The summed E-state index contributed by atoms with van der Waals surface area (Å²) in [6.07, 6.45) is 1.09. The molecule has 0 radical (unpaired) electrons. The predicted molar refractivity (Wildman–Crippen MR) is 72.0 cm³/mol. The van der Waals surface area contributed by atoms with Crippen molar-refractivity contribution in [3.63, 3.8) is 0 Å².